The van der Waals surface area contributed by atoms with Crippen LogP contribution in [0.1, 0.15) is 37.7 Å². The van der Waals surface area contributed by atoms with Gasteiger partial charge in [0.1, 0.15) is 0 Å². The highest BCUT2D eigenvalue weighted by Crippen LogP contribution is 2.40. The lowest BCUT2D eigenvalue weighted by atomic mass is 9.84. The van der Waals surface area contributed by atoms with E-state index in [1.54, 1.807) is 6.07 Å². The molecule has 0 N–H and O–H groups in total. The van der Waals surface area contributed by atoms with Gasteiger partial charge in [0.25, 0.3) is 0 Å². The molecule has 27 heavy (non-hydrogen) atoms. The molecule has 1 aliphatic carbocycles. The van der Waals surface area contributed by atoms with Gasteiger partial charge < -0.3 is 9.57 Å². The first-order valence-electron chi connectivity index (χ1n) is 9.61. The van der Waals surface area contributed by atoms with Crippen molar-refractivity contribution in [1.82, 2.24) is 4.90 Å². The van der Waals surface area contributed by atoms with Gasteiger partial charge in [0.2, 0.25) is 0 Å². The van der Waals surface area contributed by atoms with Crippen molar-refractivity contribution >= 4 is 34.9 Å². The number of nitrogens with zero attached hydrogens (tertiary/aromatic N) is 2. The minimum atomic E-state index is -0.175. The largest absolute Gasteiger partial charge is 0.469 e. The summed E-state index contributed by atoms with van der Waals surface area (Å²) in [4.78, 5) is 20.9. The Hall–Kier alpha value is -1.30. The Labute approximate surface area is 169 Å². The zero-order valence-corrected chi connectivity index (χ0v) is 16.9. The molecule has 5 nitrogen and oxygen atoms in total. The second kappa shape index (κ2) is 7.98. The van der Waals surface area contributed by atoms with E-state index in [4.69, 9.17) is 32.8 Å². The molecule has 7 heteroatoms. The number of hydrogen-bond acceptors (Lipinski definition) is 5. The van der Waals surface area contributed by atoms with Gasteiger partial charge in [-0.15, -0.1) is 0 Å². The summed E-state index contributed by atoms with van der Waals surface area (Å²) in [6.45, 7) is 1.99. The van der Waals surface area contributed by atoms with E-state index in [1.165, 1.54) is 7.11 Å². The van der Waals surface area contributed by atoms with Crippen molar-refractivity contribution in [2.45, 2.75) is 44.2 Å². The number of ether oxygens (including phenoxy) is 1. The predicted molar refractivity (Wildman–Crippen MR) is 105 cm³/mol. The van der Waals surface area contributed by atoms with Gasteiger partial charge in [-0.25, -0.2) is 0 Å². The van der Waals surface area contributed by atoms with Crippen molar-refractivity contribution < 1.29 is 14.4 Å². The third-order valence-electron chi connectivity index (χ3n) is 6.08. The van der Waals surface area contributed by atoms with Crippen LogP contribution in [0, 0.1) is 11.8 Å². The molecule has 3 aliphatic rings. The number of fused-ring (bicyclic) bond motifs is 1. The Balaban J connectivity index is 1.65. The van der Waals surface area contributed by atoms with Crippen molar-refractivity contribution in [2.24, 2.45) is 17.0 Å². The molecule has 4 unspecified atom stereocenters. The lowest BCUT2D eigenvalue weighted by Gasteiger charge is -2.36. The van der Waals surface area contributed by atoms with Gasteiger partial charge in [-0.3, -0.25) is 9.69 Å². The first kappa shape index (κ1) is 19.0. The first-order chi connectivity index (χ1) is 13.1. The maximum absolute atomic E-state index is 12.5. The number of esters is 1. The summed E-state index contributed by atoms with van der Waals surface area (Å²) < 4.78 is 5.13. The molecule has 0 spiro atoms. The van der Waals surface area contributed by atoms with Crippen molar-refractivity contribution in [3.8, 4) is 0 Å². The molecule has 1 aromatic rings. The molecule has 2 heterocycles. The van der Waals surface area contributed by atoms with Gasteiger partial charge in [-0.05, 0) is 50.9 Å². The van der Waals surface area contributed by atoms with Crippen LogP contribution in [-0.4, -0.2) is 48.9 Å². The third kappa shape index (κ3) is 3.57. The van der Waals surface area contributed by atoms with E-state index in [0.717, 1.165) is 56.5 Å². The highest BCUT2D eigenvalue weighted by Gasteiger charge is 2.50. The Kier molecular flexibility index (Phi) is 5.62. The number of benzene rings is 1. The predicted octanol–water partition coefficient (Wildman–Crippen LogP) is 4.15. The summed E-state index contributed by atoms with van der Waals surface area (Å²) in [6, 6.07) is 5.58. The summed E-state index contributed by atoms with van der Waals surface area (Å²) in [5.74, 6) is -0.173. The average Bonchev–Trinajstić information content (AvgIpc) is 3.30. The molecule has 4 atom stereocenters. The second-order valence-electron chi connectivity index (χ2n) is 7.58. The summed E-state index contributed by atoms with van der Waals surface area (Å²) in [7, 11) is 1.47. The molecule has 2 fully saturated rings. The van der Waals surface area contributed by atoms with Crippen LogP contribution in [0.3, 0.4) is 0 Å². The third-order valence-corrected chi connectivity index (χ3v) is 6.82. The molecule has 4 rings (SSSR count). The zero-order chi connectivity index (χ0) is 19.0. The van der Waals surface area contributed by atoms with Crippen LogP contribution in [0.5, 0.6) is 0 Å². The average molecular weight is 411 g/mol. The number of oxime groups is 1. The molecule has 0 bridgehead atoms. The van der Waals surface area contributed by atoms with E-state index in [1.807, 2.05) is 12.1 Å². The number of carbonyl (C=O) groups excluding carboxylic acids is 1. The molecule has 0 radical (unpaired) electrons. The van der Waals surface area contributed by atoms with Crippen molar-refractivity contribution in [3.05, 3.63) is 33.8 Å². The van der Waals surface area contributed by atoms with Gasteiger partial charge in [0.15, 0.2) is 6.10 Å². The van der Waals surface area contributed by atoms with Gasteiger partial charge in [0, 0.05) is 11.5 Å². The Morgan fingerprint density at radius 2 is 1.96 bits per heavy atom. The van der Waals surface area contributed by atoms with Crippen LogP contribution in [0.4, 0.5) is 0 Å². The maximum Gasteiger partial charge on any atom is 0.310 e. The number of rotatable bonds is 3. The van der Waals surface area contributed by atoms with Crippen molar-refractivity contribution in [1.29, 1.82) is 0 Å². The van der Waals surface area contributed by atoms with Crippen LogP contribution in [0.25, 0.3) is 0 Å². The molecule has 146 valence electrons. The molecule has 0 aromatic heterocycles. The van der Waals surface area contributed by atoms with E-state index >= 15 is 0 Å². The summed E-state index contributed by atoms with van der Waals surface area (Å²) in [5.41, 5.74) is 1.85. The van der Waals surface area contributed by atoms with Gasteiger partial charge in [-0.1, -0.05) is 40.8 Å². The van der Waals surface area contributed by atoms with Crippen LogP contribution in [0.2, 0.25) is 10.0 Å². The van der Waals surface area contributed by atoms with Crippen LogP contribution in [-0.2, 0) is 14.4 Å². The Morgan fingerprint density at radius 3 is 2.67 bits per heavy atom. The number of methoxy groups -OCH3 is 1. The Bertz CT molecular complexity index is 749. The topological polar surface area (TPSA) is 51.1 Å². The molecule has 0 amide bonds. The van der Waals surface area contributed by atoms with Crippen molar-refractivity contribution in [2.75, 3.05) is 20.2 Å². The van der Waals surface area contributed by atoms with E-state index in [9.17, 15) is 4.79 Å². The lowest BCUT2D eigenvalue weighted by molar-refractivity contribution is -0.151. The maximum atomic E-state index is 12.5. The number of halogens is 2. The van der Waals surface area contributed by atoms with E-state index in [0.29, 0.717) is 10.0 Å². The minimum Gasteiger partial charge on any atom is -0.469 e. The second-order valence-corrected chi connectivity index (χ2v) is 8.39. The molecular weight excluding hydrogens is 387 g/mol. The molecule has 1 saturated heterocycles. The summed E-state index contributed by atoms with van der Waals surface area (Å²) >= 11 is 12.3. The lowest BCUT2D eigenvalue weighted by Crippen LogP contribution is -2.51. The molecule has 2 aliphatic heterocycles. The van der Waals surface area contributed by atoms with E-state index in [-0.39, 0.29) is 30.0 Å². The fourth-order valence-electron chi connectivity index (χ4n) is 4.81. The van der Waals surface area contributed by atoms with Gasteiger partial charge >= 0.3 is 5.97 Å². The normalized spacial score (nSPS) is 31.0. The summed E-state index contributed by atoms with van der Waals surface area (Å²) in [5, 5.41) is 5.48. The monoisotopic (exact) mass is 410 g/mol. The van der Waals surface area contributed by atoms with E-state index in [2.05, 4.69) is 10.1 Å². The molecule has 1 aromatic carbocycles. The quantitative estimate of drug-likeness (QED) is 0.702. The molecular formula is C20H24Cl2N2O3. The van der Waals surface area contributed by atoms with Crippen LogP contribution >= 0.6 is 23.2 Å². The number of likely N-dealkylation sites (tertiary alicyclic amines) is 1. The Morgan fingerprint density at radius 1 is 1.19 bits per heavy atom. The number of carbonyl (C=O) groups is 1. The van der Waals surface area contributed by atoms with Crippen LogP contribution in [0.15, 0.2) is 23.4 Å². The van der Waals surface area contributed by atoms with Crippen molar-refractivity contribution in [3.63, 3.8) is 0 Å². The fourth-order valence-corrected chi connectivity index (χ4v) is 5.10. The van der Waals surface area contributed by atoms with Gasteiger partial charge in [0.05, 0.1) is 34.8 Å². The fraction of sp³-hybridized carbons (Fsp3) is 0.600. The highest BCUT2D eigenvalue weighted by molar-refractivity contribution is 6.42. The smallest absolute Gasteiger partial charge is 0.310 e. The number of hydrogen-bond donors (Lipinski definition) is 0. The minimum absolute atomic E-state index is 0.00327. The SMILES string of the molecule is COC(=O)C1CCCC2C(c3ccc(Cl)c(Cl)c3)=NOC2C1N1CCCC1. The van der Waals surface area contributed by atoms with Gasteiger partial charge in [-0.2, -0.15) is 0 Å². The first-order valence-corrected chi connectivity index (χ1v) is 10.4. The summed E-state index contributed by atoms with van der Waals surface area (Å²) in [6.07, 6.45) is 4.86. The molecule has 1 saturated carbocycles. The van der Waals surface area contributed by atoms with E-state index < -0.39 is 0 Å². The highest BCUT2D eigenvalue weighted by atomic mass is 35.5. The standard InChI is InChI=1S/C20H24Cl2N2O3/c1-26-20(25)14-6-4-5-13-17(12-7-8-15(21)16(22)11-12)23-27-19(13)18(14)24-9-2-3-10-24/h7-8,11,13-14,18-19H,2-6,9-10H2,1H3. The van der Waals surface area contributed by atoms with Crippen LogP contribution < -0.4 is 0 Å². The zero-order valence-electron chi connectivity index (χ0n) is 15.4.